The zero-order chi connectivity index (χ0) is 12.7. The first-order valence-corrected chi connectivity index (χ1v) is 6.33. The first kappa shape index (κ1) is 13.2. The van der Waals surface area contributed by atoms with Crippen LogP contribution >= 0.6 is 0 Å². The third kappa shape index (κ3) is 4.66. The number of anilines is 1. The van der Waals surface area contributed by atoms with Crippen LogP contribution < -0.4 is 11.1 Å². The van der Waals surface area contributed by atoms with Crippen LogP contribution in [0.4, 0.5) is 5.69 Å². The summed E-state index contributed by atoms with van der Waals surface area (Å²) >= 11 is 0. The van der Waals surface area contributed by atoms with Crippen molar-refractivity contribution in [3.63, 3.8) is 0 Å². The fourth-order valence-corrected chi connectivity index (χ4v) is 2.17. The number of nitrogens with one attached hydrogen (secondary N) is 1. The number of nitriles is 1. The molecule has 0 aliphatic heterocycles. The molecule has 1 aromatic rings. The van der Waals surface area contributed by atoms with Crippen LogP contribution in [-0.2, 0) is 15.6 Å². The van der Waals surface area contributed by atoms with E-state index in [1.54, 1.807) is 24.3 Å². The average Bonchev–Trinajstić information content (AvgIpc) is 2.29. The molecule has 0 bridgehead atoms. The minimum absolute atomic E-state index is 0.116. The minimum Gasteiger partial charge on any atom is -0.399 e. The molecular formula is C11H13N3O2S. The smallest absolute Gasteiger partial charge is 0.233 e. The summed E-state index contributed by atoms with van der Waals surface area (Å²) in [5.41, 5.74) is 6.07. The molecule has 0 aromatic heterocycles. The molecular weight excluding hydrogens is 238 g/mol. The number of rotatable bonds is 5. The molecule has 0 spiro atoms. The van der Waals surface area contributed by atoms with E-state index in [9.17, 15) is 9.00 Å². The van der Waals surface area contributed by atoms with Crippen molar-refractivity contribution in [2.24, 2.45) is 0 Å². The Morgan fingerprint density at radius 2 is 2.29 bits per heavy atom. The molecule has 0 radical (unpaired) electrons. The minimum atomic E-state index is -1.40. The summed E-state index contributed by atoms with van der Waals surface area (Å²) in [5, 5.41) is 10.8. The van der Waals surface area contributed by atoms with Gasteiger partial charge in [0.25, 0.3) is 0 Å². The second kappa shape index (κ2) is 6.66. The van der Waals surface area contributed by atoms with Gasteiger partial charge in [-0.2, -0.15) is 5.26 Å². The number of benzene rings is 1. The summed E-state index contributed by atoms with van der Waals surface area (Å²) in [5.74, 6) is -0.449. The van der Waals surface area contributed by atoms with Gasteiger partial charge in [0.05, 0.1) is 23.3 Å². The molecule has 1 rings (SSSR count). The van der Waals surface area contributed by atoms with E-state index >= 15 is 0 Å². The molecule has 5 nitrogen and oxygen atoms in total. The maximum absolute atomic E-state index is 11.8. The van der Waals surface area contributed by atoms with Crippen molar-refractivity contribution in [3.05, 3.63) is 24.3 Å². The summed E-state index contributed by atoms with van der Waals surface area (Å²) in [6.07, 6.45) is 0.247. The highest BCUT2D eigenvalue weighted by Crippen LogP contribution is 2.10. The average molecular weight is 251 g/mol. The van der Waals surface area contributed by atoms with Gasteiger partial charge in [0, 0.05) is 17.1 Å². The van der Waals surface area contributed by atoms with Crippen LogP contribution in [-0.4, -0.2) is 22.4 Å². The molecule has 1 unspecified atom stereocenters. The van der Waals surface area contributed by atoms with Gasteiger partial charge in [-0.3, -0.25) is 9.00 Å². The van der Waals surface area contributed by atoms with E-state index < -0.39 is 10.8 Å². The second-order valence-electron chi connectivity index (χ2n) is 3.32. The highest BCUT2D eigenvalue weighted by Gasteiger charge is 2.09. The number of hydrogen-bond donors (Lipinski definition) is 2. The van der Waals surface area contributed by atoms with Crippen LogP contribution in [0.15, 0.2) is 29.2 Å². The summed E-state index contributed by atoms with van der Waals surface area (Å²) in [4.78, 5) is 11.9. The van der Waals surface area contributed by atoms with Crippen LogP contribution in [0.2, 0.25) is 0 Å². The fourth-order valence-electron chi connectivity index (χ4n) is 1.17. The molecule has 1 amide bonds. The maximum atomic E-state index is 11.8. The van der Waals surface area contributed by atoms with E-state index in [-0.39, 0.29) is 24.6 Å². The second-order valence-corrected chi connectivity index (χ2v) is 4.77. The van der Waals surface area contributed by atoms with Gasteiger partial charge in [0.2, 0.25) is 5.91 Å². The van der Waals surface area contributed by atoms with E-state index in [1.807, 2.05) is 6.07 Å². The predicted molar refractivity (Wildman–Crippen MR) is 65.4 cm³/mol. The Balaban J connectivity index is 2.50. The largest absolute Gasteiger partial charge is 0.399 e. The van der Waals surface area contributed by atoms with Gasteiger partial charge in [-0.1, -0.05) is 6.07 Å². The van der Waals surface area contributed by atoms with Crippen molar-refractivity contribution >= 4 is 22.4 Å². The lowest BCUT2D eigenvalue weighted by atomic mass is 10.3. The molecule has 17 heavy (non-hydrogen) atoms. The highest BCUT2D eigenvalue weighted by atomic mass is 32.2. The van der Waals surface area contributed by atoms with Gasteiger partial charge in [0.15, 0.2) is 0 Å². The Kier molecular flexibility index (Phi) is 5.17. The normalized spacial score (nSPS) is 11.5. The third-order valence-electron chi connectivity index (χ3n) is 1.94. The molecule has 0 fully saturated rings. The third-order valence-corrected chi connectivity index (χ3v) is 3.25. The Morgan fingerprint density at radius 3 is 2.94 bits per heavy atom. The lowest BCUT2D eigenvalue weighted by Crippen LogP contribution is -2.29. The molecule has 0 aliphatic rings. The van der Waals surface area contributed by atoms with E-state index in [1.165, 1.54) is 0 Å². The summed E-state index contributed by atoms with van der Waals surface area (Å²) in [6.45, 7) is 0.281. The van der Waals surface area contributed by atoms with Gasteiger partial charge in [0.1, 0.15) is 5.75 Å². The van der Waals surface area contributed by atoms with Crippen molar-refractivity contribution < 1.29 is 9.00 Å². The number of nitrogens with two attached hydrogens (primary N) is 1. The molecule has 3 N–H and O–H groups in total. The molecule has 1 atom stereocenters. The van der Waals surface area contributed by atoms with Gasteiger partial charge < -0.3 is 11.1 Å². The van der Waals surface area contributed by atoms with Crippen molar-refractivity contribution in [3.8, 4) is 6.07 Å². The van der Waals surface area contributed by atoms with Gasteiger partial charge in [-0.25, -0.2) is 0 Å². The van der Waals surface area contributed by atoms with Crippen LogP contribution in [0.5, 0.6) is 0 Å². The Hall–Kier alpha value is -1.87. The number of nitrogens with zero attached hydrogens (tertiary/aromatic N) is 1. The zero-order valence-corrected chi connectivity index (χ0v) is 10.00. The molecule has 0 saturated carbocycles. The van der Waals surface area contributed by atoms with E-state index in [0.29, 0.717) is 10.6 Å². The van der Waals surface area contributed by atoms with E-state index in [0.717, 1.165) is 0 Å². The summed E-state index contributed by atoms with van der Waals surface area (Å²) < 4.78 is 11.8. The SMILES string of the molecule is N#CCCNC(=O)CS(=O)c1cccc(N)c1. The Labute approximate surface area is 102 Å². The van der Waals surface area contributed by atoms with Crippen LogP contribution in [0, 0.1) is 11.3 Å². The molecule has 0 aliphatic carbocycles. The van der Waals surface area contributed by atoms with Crippen LogP contribution in [0.3, 0.4) is 0 Å². The number of amides is 1. The monoisotopic (exact) mass is 251 g/mol. The van der Waals surface area contributed by atoms with Crippen molar-refractivity contribution in [2.45, 2.75) is 11.3 Å². The first-order valence-electron chi connectivity index (χ1n) is 5.01. The lowest BCUT2D eigenvalue weighted by Gasteiger charge is -2.04. The number of nitrogen functional groups attached to an aromatic ring is 1. The Morgan fingerprint density at radius 1 is 1.53 bits per heavy atom. The molecule has 90 valence electrons. The fraction of sp³-hybridized carbons (Fsp3) is 0.273. The number of carbonyl (C=O) groups is 1. The van der Waals surface area contributed by atoms with Crippen LogP contribution in [0.1, 0.15) is 6.42 Å². The van der Waals surface area contributed by atoms with Gasteiger partial charge >= 0.3 is 0 Å². The van der Waals surface area contributed by atoms with Crippen molar-refractivity contribution in [1.29, 1.82) is 5.26 Å². The quantitative estimate of drug-likeness (QED) is 0.585. The summed E-state index contributed by atoms with van der Waals surface area (Å²) in [6, 6.07) is 8.53. The number of carbonyl (C=O) groups excluding carboxylic acids is 1. The molecule has 0 saturated heterocycles. The van der Waals surface area contributed by atoms with Crippen LogP contribution in [0.25, 0.3) is 0 Å². The van der Waals surface area contributed by atoms with Gasteiger partial charge in [-0.15, -0.1) is 0 Å². The first-order chi connectivity index (χ1) is 8.13. The standard InChI is InChI=1S/C11H13N3O2S/c12-5-2-6-14-11(15)8-17(16)10-4-1-3-9(13)7-10/h1,3-4,7H,2,6,8,13H2,(H,14,15). The number of hydrogen-bond acceptors (Lipinski definition) is 4. The van der Waals surface area contributed by atoms with Crippen molar-refractivity contribution in [1.82, 2.24) is 5.32 Å². The van der Waals surface area contributed by atoms with E-state index in [4.69, 9.17) is 11.0 Å². The predicted octanol–water partition coefficient (Wildman–Crippen LogP) is 0.406. The van der Waals surface area contributed by atoms with Crippen molar-refractivity contribution in [2.75, 3.05) is 18.0 Å². The topological polar surface area (TPSA) is 96.0 Å². The summed E-state index contributed by atoms with van der Waals surface area (Å²) in [7, 11) is -1.40. The molecule has 1 aromatic carbocycles. The van der Waals surface area contributed by atoms with E-state index in [2.05, 4.69) is 5.32 Å². The lowest BCUT2D eigenvalue weighted by molar-refractivity contribution is -0.118. The Bertz CT molecular complexity index is 468. The maximum Gasteiger partial charge on any atom is 0.233 e. The molecule has 6 heteroatoms. The highest BCUT2D eigenvalue weighted by molar-refractivity contribution is 7.85. The van der Waals surface area contributed by atoms with Gasteiger partial charge in [-0.05, 0) is 18.2 Å². The zero-order valence-electron chi connectivity index (χ0n) is 9.18. The molecule has 0 heterocycles.